The maximum atomic E-state index is 9.05. The van der Waals surface area contributed by atoms with Crippen molar-refractivity contribution in [3.05, 3.63) is 33.8 Å². The zero-order chi connectivity index (χ0) is 9.14. The van der Waals surface area contributed by atoms with Gasteiger partial charge in [-0.3, -0.25) is 0 Å². The molecule has 0 aliphatic rings. The molecule has 0 radical (unpaired) electrons. The van der Waals surface area contributed by atoms with E-state index in [0.717, 1.165) is 15.4 Å². The Labute approximate surface area is 84.1 Å². The summed E-state index contributed by atoms with van der Waals surface area (Å²) in [6, 6.07) is 5.57. The molecule has 0 aromatic heterocycles. The topological polar surface area (TPSA) is 20.2 Å². The van der Waals surface area contributed by atoms with Crippen LogP contribution in [0.1, 0.15) is 12.5 Å². The fourth-order valence-corrected chi connectivity index (χ4v) is 1.47. The number of aliphatic hydroxyl groups excluding tert-OH is 1. The van der Waals surface area contributed by atoms with Crippen LogP contribution in [-0.4, -0.2) is 5.11 Å². The third kappa shape index (κ3) is 2.29. The average molecular weight is 281 g/mol. The number of rotatable bonds is 2. The zero-order valence-electron chi connectivity index (χ0n) is 6.72. The van der Waals surface area contributed by atoms with Crippen LogP contribution >= 0.6 is 31.9 Å². The number of hydrogen-bond donors (Lipinski definition) is 1. The summed E-state index contributed by atoms with van der Waals surface area (Å²) in [6.07, 6.45) is 0. The van der Waals surface area contributed by atoms with E-state index >= 15 is 0 Å². The molecule has 1 aromatic carbocycles. The number of benzene rings is 1. The van der Waals surface area contributed by atoms with Crippen LogP contribution in [0, 0.1) is 0 Å². The second-order valence-corrected chi connectivity index (χ2v) is 3.53. The fourth-order valence-electron chi connectivity index (χ4n) is 0.775. The molecule has 0 bridgehead atoms. The highest BCUT2D eigenvalue weighted by Gasteiger charge is 1.98. The lowest BCUT2D eigenvalue weighted by molar-refractivity contribution is 0.281. The van der Waals surface area contributed by atoms with Gasteiger partial charge in [-0.05, 0) is 17.2 Å². The summed E-state index contributed by atoms with van der Waals surface area (Å²) in [5, 5.41) is 9.78. The van der Waals surface area contributed by atoms with Gasteiger partial charge in [-0.25, -0.2) is 0 Å². The fraction of sp³-hybridized carbons (Fsp3) is 0.250. The van der Waals surface area contributed by atoms with Crippen LogP contribution in [-0.2, 0) is 11.9 Å². The number of hydrogen-bond acceptors (Lipinski definition) is 1. The first-order chi connectivity index (χ1) is 5.65. The molecule has 11 heavy (non-hydrogen) atoms. The second kappa shape index (κ2) is 4.24. The Morgan fingerprint density at radius 3 is 2.82 bits per heavy atom. The van der Waals surface area contributed by atoms with Crippen LogP contribution in [0.5, 0.6) is 0 Å². The molecule has 1 atom stereocenters. The van der Waals surface area contributed by atoms with E-state index in [1.54, 1.807) is 6.07 Å². The van der Waals surface area contributed by atoms with Crippen molar-refractivity contribution >= 4 is 31.9 Å². The van der Waals surface area contributed by atoms with E-state index in [0.29, 0.717) is 5.56 Å². The molecule has 3 heteroatoms. The lowest BCUT2D eigenvalue weighted by atomic mass is 10.1. The Morgan fingerprint density at radius 1 is 1.55 bits per heavy atom. The maximum Gasteiger partial charge on any atom is 0.0692 e. The second-order valence-electron chi connectivity index (χ2n) is 2.12. The molecule has 60 valence electrons. The highest BCUT2D eigenvalue weighted by molar-refractivity contribution is 9.10. The van der Waals surface area contributed by atoms with Crippen LogP contribution in [0.2, 0.25) is 0 Å². The van der Waals surface area contributed by atoms with Gasteiger partial charge in [0.05, 0.1) is 7.95 Å². The number of aliphatic hydroxyl groups is 1. The van der Waals surface area contributed by atoms with Crippen molar-refractivity contribution in [1.82, 2.24) is 0 Å². The Balaban J connectivity index is 3.08. The highest BCUT2D eigenvalue weighted by Crippen LogP contribution is 2.19. The van der Waals surface area contributed by atoms with E-state index in [4.69, 9.17) is 6.48 Å². The SMILES string of the molecule is [2H]C(O)c1cc(CBr)ccc1Br. The smallest absolute Gasteiger partial charge is 0.0692 e. The van der Waals surface area contributed by atoms with E-state index in [-0.39, 0.29) is 0 Å². The van der Waals surface area contributed by atoms with Gasteiger partial charge in [0.15, 0.2) is 0 Å². The molecular formula is C8H8Br2O. The molecular weight excluding hydrogens is 272 g/mol. The van der Waals surface area contributed by atoms with Crippen LogP contribution < -0.4 is 0 Å². The minimum Gasteiger partial charge on any atom is -0.392 e. The van der Waals surface area contributed by atoms with E-state index in [1.807, 2.05) is 12.1 Å². The van der Waals surface area contributed by atoms with Gasteiger partial charge in [-0.15, -0.1) is 0 Å². The van der Waals surface area contributed by atoms with Gasteiger partial charge in [-0.1, -0.05) is 44.0 Å². The minimum atomic E-state index is -1.17. The van der Waals surface area contributed by atoms with Crippen molar-refractivity contribution in [2.75, 3.05) is 0 Å². The lowest BCUT2D eigenvalue weighted by Gasteiger charge is -2.01. The van der Waals surface area contributed by atoms with Crippen molar-refractivity contribution in [2.45, 2.75) is 11.9 Å². The molecule has 1 rings (SSSR count). The number of alkyl halides is 1. The molecule has 0 spiro atoms. The van der Waals surface area contributed by atoms with Gasteiger partial charge in [0.25, 0.3) is 0 Å². The van der Waals surface area contributed by atoms with E-state index in [1.165, 1.54) is 0 Å². The highest BCUT2D eigenvalue weighted by atomic mass is 79.9. The third-order valence-electron chi connectivity index (χ3n) is 1.35. The standard InChI is InChI=1S/C8H8Br2O/c9-4-6-1-2-8(10)7(3-6)5-11/h1-3,11H,4-5H2/i5D. The molecule has 0 saturated carbocycles. The number of halogens is 2. The van der Waals surface area contributed by atoms with Crippen molar-refractivity contribution < 1.29 is 6.48 Å². The van der Waals surface area contributed by atoms with Crippen LogP contribution in [0.15, 0.2) is 22.7 Å². The first-order valence-corrected chi connectivity index (χ1v) is 5.01. The van der Waals surface area contributed by atoms with E-state index < -0.39 is 6.58 Å². The Hall–Kier alpha value is 0.140. The van der Waals surface area contributed by atoms with Crippen LogP contribution in [0.4, 0.5) is 0 Å². The van der Waals surface area contributed by atoms with Crippen LogP contribution in [0.25, 0.3) is 0 Å². The molecule has 0 heterocycles. The molecule has 0 saturated heterocycles. The van der Waals surface area contributed by atoms with Gasteiger partial charge in [0.2, 0.25) is 0 Å². The normalized spacial score (nSPS) is 14.3. The maximum absolute atomic E-state index is 9.05. The summed E-state index contributed by atoms with van der Waals surface area (Å²) >= 11 is 6.57. The van der Waals surface area contributed by atoms with Crippen LogP contribution in [0.3, 0.4) is 0 Å². The predicted molar refractivity (Wildman–Crippen MR) is 52.7 cm³/mol. The Bertz CT molecular complexity index is 276. The molecule has 1 unspecified atom stereocenters. The third-order valence-corrected chi connectivity index (χ3v) is 2.72. The predicted octanol–water partition coefficient (Wildman–Crippen LogP) is 2.84. The largest absolute Gasteiger partial charge is 0.392 e. The zero-order valence-corrected chi connectivity index (χ0v) is 8.89. The quantitative estimate of drug-likeness (QED) is 0.826. The van der Waals surface area contributed by atoms with Crippen molar-refractivity contribution in [3.63, 3.8) is 0 Å². The summed E-state index contributed by atoms with van der Waals surface area (Å²) in [6.45, 7) is -1.17. The molecule has 1 aromatic rings. The van der Waals surface area contributed by atoms with Crippen molar-refractivity contribution in [1.29, 1.82) is 0 Å². The molecule has 0 aliphatic carbocycles. The van der Waals surface area contributed by atoms with Gasteiger partial charge in [0.1, 0.15) is 0 Å². The minimum absolute atomic E-state index is 0.604. The van der Waals surface area contributed by atoms with E-state index in [9.17, 15) is 0 Å². The lowest BCUT2D eigenvalue weighted by Crippen LogP contribution is -1.87. The monoisotopic (exact) mass is 279 g/mol. The molecule has 0 aliphatic heterocycles. The first-order valence-electron chi connectivity index (χ1n) is 3.67. The molecule has 0 amide bonds. The summed E-state index contributed by atoms with van der Waals surface area (Å²) in [4.78, 5) is 0. The average Bonchev–Trinajstić information content (AvgIpc) is 2.05. The van der Waals surface area contributed by atoms with Gasteiger partial charge in [-0.2, -0.15) is 0 Å². The van der Waals surface area contributed by atoms with E-state index in [2.05, 4.69) is 31.9 Å². The molecule has 1 N–H and O–H groups in total. The Morgan fingerprint density at radius 2 is 2.27 bits per heavy atom. The van der Waals surface area contributed by atoms with Gasteiger partial charge >= 0.3 is 0 Å². The molecule has 1 nitrogen and oxygen atoms in total. The van der Waals surface area contributed by atoms with Crippen molar-refractivity contribution in [2.24, 2.45) is 0 Å². The van der Waals surface area contributed by atoms with Gasteiger partial charge < -0.3 is 5.11 Å². The summed E-state index contributed by atoms with van der Waals surface area (Å²) in [5.41, 5.74) is 1.66. The Kier molecular flexibility index (Phi) is 2.99. The summed E-state index contributed by atoms with van der Waals surface area (Å²) in [5.74, 6) is 0. The molecule has 0 fully saturated rings. The van der Waals surface area contributed by atoms with Gasteiger partial charge in [0, 0.05) is 9.80 Å². The summed E-state index contributed by atoms with van der Waals surface area (Å²) in [7, 11) is 0. The van der Waals surface area contributed by atoms with Crippen molar-refractivity contribution in [3.8, 4) is 0 Å². The summed E-state index contributed by atoms with van der Waals surface area (Å²) < 4.78 is 7.91. The first kappa shape index (κ1) is 7.77.